The van der Waals surface area contributed by atoms with Crippen molar-refractivity contribution in [1.82, 2.24) is 0 Å². The lowest BCUT2D eigenvalue weighted by Crippen LogP contribution is -2.49. The van der Waals surface area contributed by atoms with Crippen molar-refractivity contribution in [3.05, 3.63) is 66.2 Å². The molecule has 224 valence electrons. The van der Waals surface area contributed by atoms with E-state index < -0.39 is 0 Å². The maximum absolute atomic E-state index is 6.94. The van der Waals surface area contributed by atoms with E-state index in [1.54, 1.807) is 0 Å². The number of hydrogen-bond donors (Lipinski definition) is 6. The fourth-order valence-electron chi connectivity index (χ4n) is 8.67. The maximum atomic E-state index is 6.94. The van der Waals surface area contributed by atoms with Gasteiger partial charge in [0.15, 0.2) is 0 Å². The van der Waals surface area contributed by atoms with E-state index in [1.807, 2.05) is 24.3 Å². The molecule has 0 bridgehead atoms. The molecule has 3 aliphatic carbocycles. The molecule has 6 rings (SSSR count). The predicted molar refractivity (Wildman–Crippen MR) is 177 cm³/mol. The van der Waals surface area contributed by atoms with Gasteiger partial charge in [0.2, 0.25) is 0 Å². The molecule has 6 atom stereocenters. The van der Waals surface area contributed by atoms with E-state index in [1.165, 1.54) is 44.1 Å². The Hall–Kier alpha value is -3.06. The van der Waals surface area contributed by atoms with Crippen LogP contribution in [0.2, 0.25) is 0 Å². The minimum atomic E-state index is 0.200. The van der Waals surface area contributed by atoms with Crippen LogP contribution in [0.15, 0.2) is 60.7 Å². The summed E-state index contributed by atoms with van der Waals surface area (Å²) in [4.78, 5) is 0. The fourth-order valence-corrected chi connectivity index (χ4v) is 8.67. The van der Waals surface area contributed by atoms with E-state index in [0.29, 0.717) is 23.8 Å². The predicted octanol–water partition coefficient (Wildman–Crippen LogP) is 6.24. The van der Waals surface area contributed by atoms with Crippen molar-refractivity contribution in [1.29, 1.82) is 0 Å². The summed E-state index contributed by atoms with van der Waals surface area (Å²) in [5.41, 5.74) is 47.0. The van der Waals surface area contributed by atoms with Crippen molar-refractivity contribution in [2.45, 2.75) is 88.3 Å². The van der Waals surface area contributed by atoms with Crippen LogP contribution in [0, 0.1) is 23.7 Å². The SMILES string of the molecule is Nc1ccc(-c2ccc(N)cc2-c2cc(N)ccc2C2CCC(N)C(C3CC(C4CCC(N)CC4)CCC3N)C2)cc1. The van der Waals surface area contributed by atoms with Crippen LogP contribution in [0.1, 0.15) is 75.7 Å². The fraction of sp³-hybridized carbons (Fsp3) is 0.500. The van der Waals surface area contributed by atoms with Crippen molar-refractivity contribution in [2.75, 3.05) is 17.2 Å². The minimum absolute atomic E-state index is 0.200. The molecule has 6 nitrogen and oxygen atoms in total. The highest BCUT2D eigenvalue weighted by Gasteiger charge is 2.42. The molecule has 12 N–H and O–H groups in total. The number of rotatable bonds is 5. The number of anilines is 3. The third-order valence-corrected chi connectivity index (χ3v) is 11.1. The molecule has 3 aliphatic rings. The summed E-state index contributed by atoms with van der Waals surface area (Å²) in [5, 5.41) is 0. The van der Waals surface area contributed by atoms with Crippen molar-refractivity contribution >= 4 is 17.1 Å². The zero-order valence-corrected chi connectivity index (χ0v) is 24.9. The van der Waals surface area contributed by atoms with Gasteiger partial charge < -0.3 is 34.4 Å². The lowest BCUT2D eigenvalue weighted by Gasteiger charge is -2.47. The summed E-state index contributed by atoms with van der Waals surface area (Å²) >= 11 is 0. The van der Waals surface area contributed by atoms with Gasteiger partial charge in [-0.05, 0) is 158 Å². The van der Waals surface area contributed by atoms with Gasteiger partial charge in [0.25, 0.3) is 0 Å². The number of nitrogen functional groups attached to an aromatic ring is 3. The molecule has 3 aromatic carbocycles. The zero-order valence-electron chi connectivity index (χ0n) is 24.9. The van der Waals surface area contributed by atoms with Crippen LogP contribution in [0.3, 0.4) is 0 Å². The van der Waals surface area contributed by atoms with Gasteiger partial charge in [-0.1, -0.05) is 24.3 Å². The molecule has 0 heterocycles. The molecule has 0 saturated heterocycles. The standard InChI is InChI=1S/C36H50N6/c37-25-7-1-21(2-8-25)23-5-15-35(41)33(17-23)34-18-24(6-16-36(34)42)30-14-12-28(40)20-32(30)31-19-27(39)11-13-29(31)22-3-9-26(38)10-4-22/h3-4,9-14,19-21,23-25,33-36H,1-2,5-8,15-18,37-42H2. The Balaban J connectivity index is 1.30. The summed E-state index contributed by atoms with van der Waals surface area (Å²) in [6.45, 7) is 0. The normalized spacial score (nSPS) is 32.0. The largest absolute Gasteiger partial charge is 0.399 e. The second kappa shape index (κ2) is 12.3. The van der Waals surface area contributed by atoms with Gasteiger partial charge in [-0.15, -0.1) is 0 Å². The maximum Gasteiger partial charge on any atom is 0.0320 e. The molecule has 0 aromatic heterocycles. The van der Waals surface area contributed by atoms with Crippen LogP contribution in [0.5, 0.6) is 0 Å². The first-order valence-electron chi connectivity index (χ1n) is 16.2. The summed E-state index contributed by atoms with van der Waals surface area (Å²) < 4.78 is 0. The first-order valence-corrected chi connectivity index (χ1v) is 16.2. The smallest absolute Gasteiger partial charge is 0.0320 e. The summed E-state index contributed by atoms with van der Waals surface area (Å²) in [6.07, 6.45) is 11.7. The number of nitrogens with two attached hydrogens (primary N) is 6. The summed E-state index contributed by atoms with van der Waals surface area (Å²) in [7, 11) is 0. The van der Waals surface area contributed by atoms with Crippen LogP contribution >= 0.6 is 0 Å². The van der Waals surface area contributed by atoms with Gasteiger partial charge >= 0.3 is 0 Å². The second-order valence-electron chi connectivity index (χ2n) is 13.7. The third kappa shape index (κ3) is 6.03. The van der Waals surface area contributed by atoms with E-state index in [0.717, 1.165) is 76.8 Å². The average Bonchev–Trinajstić information content (AvgIpc) is 2.99. The molecule has 3 aromatic rings. The van der Waals surface area contributed by atoms with Crippen molar-refractivity contribution in [2.24, 2.45) is 40.9 Å². The third-order valence-electron chi connectivity index (χ3n) is 11.1. The Labute approximate surface area is 251 Å². The topological polar surface area (TPSA) is 156 Å². The first-order chi connectivity index (χ1) is 20.3. The van der Waals surface area contributed by atoms with Gasteiger partial charge in [0, 0.05) is 35.2 Å². The van der Waals surface area contributed by atoms with Gasteiger partial charge in [-0.3, -0.25) is 0 Å². The first kappa shape index (κ1) is 29.0. The van der Waals surface area contributed by atoms with E-state index in [-0.39, 0.29) is 12.1 Å². The van der Waals surface area contributed by atoms with Crippen LogP contribution in [-0.4, -0.2) is 18.1 Å². The second-order valence-corrected chi connectivity index (χ2v) is 13.7. The lowest BCUT2D eigenvalue weighted by molar-refractivity contribution is 0.0783. The molecule has 0 aliphatic heterocycles. The number of hydrogen-bond acceptors (Lipinski definition) is 6. The van der Waals surface area contributed by atoms with Crippen LogP contribution in [0.4, 0.5) is 17.1 Å². The molecule has 6 heteroatoms. The molecule has 3 fully saturated rings. The van der Waals surface area contributed by atoms with E-state index >= 15 is 0 Å². The zero-order chi connectivity index (χ0) is 29.4. The van der Waals surface area contributed by atoms with E-state index in [4.69, 9.17) is 34.4 Å². The molecular formula is C36H50N6. The van der Waals surface area contributed by atoms with E-state index in [9.17, 15) is 0 Å². The van der Waals surface area contributed by atoms with Crippen molar-refractivity contribution in [3.8, 4) is 22.3 Å². The van der Waals surface area contributed by atoms with Crippen LogP contribution < -0.4 is 34.4 Å². The molecule has 42 heavy (non-hydrogen) atoms. The summed E-state index contributed by atoms with van der Waals surface area (Å²) in [5.74, 6) is 2.86. The average molecular weight is 567 g/mol. The van der Waals surface area contributed by atoms with Crippen LogP contribution in [0.25, 0.3) is 22.3 Å². The quantitative estimate of drug-likeness (QED) is 0.201. The molecule has 0 spiro atoms. The highest BCUT2D eigenvalue weighted by atomic mass is 14.7. The van der Waals surface area contributed by atoms with Gasteiger partial charge in [-0.2, -0.15) is 0 Å². The Morgan fingerprint density at radius 2 is 1.05 bits per heavy atom. The lowest BCUT2D eigenvalue weighted by atomic mass is 9.61. The Bertz CT molecular complexity index is 1360. The Morgan fingerprint density at radius 1 is 0.476 bits per heavy atom. The molecule has 6 unspecified atom stereocenters. The monoisotopic (exact) mass is 566 g/mol. The van der Waals surface area contributed by atoms with Crippen LogP contribution in [-0.2, 0) is 0 Å². The van der Waals surface area contributed by atoms with Crippen molar-refractivity contribution < 1.29 is 0 Å². The van der Waals surface area contributed by atoms with Gasteiger partial charge in [-0.25, -0.2) is 0 Å². The highest BCUT2D eigenvalue weighted by molar-refractivity contribution is 5.88. The minimum Gasteiger partial charge on any atom is -0.399 e. The Kier molecular flexibility index (Phi) is 8.49. The Morgan fingerprint density at radius 3 is 1.76 bits per heavy atom. The highest BCUT2D eigenvalue weighted by Crippen LogP contribution is 2.49. The van der Waals surface area contributed by atoms with Gasteiger partial charge in [0.1, 0.15) is 0 Å². The molecule has 0 amide bonds. The van der Waals surface area contributed by atoms with Gasteiger partial charge in [0.05, 0.1) is 0 Å². The summed E-state index contributed by atoms with van der Waals surface area (Å²) in [6, 6.07) is 21.5. The van der Waals surface area contributed by atoms with E-state index in [2.05, 4.69) is 36.4 Å². The molecular weight excluding hydrogens is 516 g/mol. The number of benzene rings is 3. The molecule has 3 saturated carbocycles. The van der Waals surface area contributed by atoms with Crippen molar-refractivity contribution in [3.63, 3.8) is 0 Å². The molecule has 0 radical (unpaired) electrons.